The van der Waals surface area contributed by atoms with Crippen LogP contribution in [-0.2, 0) is 19.6 Å². The minimum absolute atomic E-state index is 0.0514. The van der Waals surface area contributed by atoms with E-state index < -0.39 is 15.9 Å². The third kappa shape index (κ3) is 2.76. The van der Waals surface area contributed by atoms with Gasteiger partial charge in [0.05, 0.1) is 12.0 Å². The average Bonchev–Trinajstić information content (AvgIpc) is 2.60. The van der Waals surface area contributed by atoms with Gasteiger partial charge in [0, 0.05) is 18.3 Å². The lowest BCUT2D eigenvalue weighted by molar-refractivity contribution is -0.113. The molecular weight excluding hydrogens is 340 g/mol. The van der Waals surface area contributed by atoms with Crippen LogP contribution in [-0.4, -0.2) is 32.8 Å². The van der Waals surface area contributed by atoms with Gasteiger partial charge in [0.2, 0.25) is 0 Å². The molecule has 0 saturated heterocycles. The molecule has 7 heteroatoms. The predicted octanol–water partition coefficient (Wildman–Crippen LogP) is 2.58. The zero-order valence-corrected chi connectivity index (χ0v) is 14.9. The first-order valence-corrected chi connectivity index (χ1v) is 9.05. The monoisotopic (exact) mass is 358 g/mol. The number of anilines is 1. The molecule has 0 unspecified atom stereocenters. The van der Waals surface area contributed by atoms with Gasteiger partial charge in [-0.25, -0.2) is 8.42 Å². The molecule has 25 heavy (non-hydrogen) atoms. The molecule has 6 nitrogen and oxygen atoms in total. The van der Waals surface area contributed by atoms with Crippen molar-refractivity contribution in [3.8, 4) is 0 Å². The molecule has 0 radical (unpaired) electrons. The molecule has 0 spiro atoms. The highest BCUT2D eigenvalue weighted by Gasteiger charge is 2.38. The number of fused-ring (bicyclic) bond motifs is 1. The number of rotatable bonds is 3. The minimum atomic E-state index is -3.83. The van der Waals surface area contributed by atoms with Gasteiger partial charge in [0.25, 0.3) is 15.9 Å². The van der Waals surface area contributed by atoms with Gasteiger partial charge >= 0.3 is 0 Å². The maximum atomic E-state index is 12.8. The van der Waals surface area contributed by atoms with E-state index in [9.17, 15) is 13.2 Å². The van der Waals surface area contributed by atoms with Crippen LogP contribution in [0.3, 0.4) is 0 Å². The van der Waals surface area contributed by atoms with Crippen LogP contribution in [0.2, 0.25) is 0 Å². The van der Waals surface area contributed by atoms with E-state index in [2.05, 4.69) is 5.32 Å². The molecule has 2 aromatic carbocycles. The summed E-state index contributed by atoms with van der Waals surface area (Å²) in [5, 5.41) is 2.76. The number of nitrogens with one attached hydrogen (secondary N) is 1. The molecule has 3 rings (SSSR count). The smallest absolute Gasteiger partial charge is 0.276 e. The van der Waals surface area contributed by atoms with Crippen LogP contribution in [0.15, 0.2) is 59.1 Å². The molecule has 1 aliphatic heterocycles. The van der Waals surface area contributed by atoms with Crippen LogP contribution in [0.1, 0.15) is 11.1 Å². The first-order valence-electron chi connectivity index (χ1n) is 7.61. The highest BCUT2D eigenvalue weighted by atomic mass is 32.2. The first-order chi connectivity index (χ1) is 11.9. The Kier molecular flexibility index (Phi) is 4.26. The quantitative estimate of drug-likeness (QED) is 0.915. The van der Waals surface area contributed by atoms with Crippen LogP contribution >= 0.6 is 0 Å². The van der Waals surface area contributed by atoms with Gasteiger partial charge in [-0.3, -0.25) is 9.10 Å². The van der Waals surface area contributed by atoms with E-state index in [-0.39, 0.29) is 16.4 Å². The van der Waals surface area contributed by atoms with Crippen molar-refractivity contribution in [1.29, 1.82) is 0 Å². The summed E-state index contributed by atoms with van der Waals surface area (Å²) in [6, 6.07) is 13.7. The fourth-order valence-corrected chi connectivity index (χ4v) is 4.16. The molecule has 0 saturated carbocycles. The Hall–Kier alpha value is -2.80. The molecule has 1 amide bonds. The zero-order chi connectivity index (χ0) is 18.2. The fraction of sp³-hybridized carbons (Fsp3) is 0.167. The molecule has 1 heterocycles. The summed E-state index contributed by atoms with van der Waals surface area (Å²) in [6.45, 7) is 1.86. The van der Waals surface area contributed by atoms with Gasteiger partial charge in [-0.15, -0.1) is 0 Å². The molecule has 0 aromatic heterocycles. The van der Waals surface area contributed by atoms with E-state index in [0.29, 0.717) is 11.3 Å². The van der Waals surface area contributed by atoms with Crippen molar-refractivity contribution >= 4 is 27.4 Å². The number of hydrogen-bond acceptors (Lipinski definition) is 4. The lowest BCUT2D eigenvalue weighted by atomic mass is 10.1. The molecule has 0 bridgehead atoms. The molecule has 0 fully saturated rings. The largest absolute Gasteiger partial charge is 0.494 e. The van der Waals surface area contributed by atoms with Crippen LogP contribution in [0.5, 0.6) is 0 Å². The summed E-state index contributed by atoms with van der Waals surface area (Å²) in [5.74, 6) is -0.328. The SMILES string of the molecule is COC1=C(C(=O)Nc2ccccc2C)N(C)S(=O)(=O)c2ccccc21. The van der Waals surface area contributed by atoms with Gasteiger partial charge in [0.15, 0.2) is 11.5 Å². The number of hydrogen-bond donors (Lipinski definition) is 1. The Labute approximate surface area is 146 Å². The fourth-order valence-electron chi connectivity index (χ4n) is 2.76. The van der Waals surface area contributed by atoms with Crippen LogP contribution in [0, 0.1) is 6.92 Å². The molecule has 0 aliphatic carbocycles. The number of amides is 1. The number of carbonyl (C=O) groups is 1. The van der Waals surface area contributed by atoms with Crippen molar-refractivity contribution in [3.05, 3.63) is 65.4 Å². The van der Waals surface area contributed by atoms with Gasteiger partial charge in [0.1, 0.15) is 0 Å². The summed E-state index contributed by atoms with van der Waals surface area (Å²) in [7, 11) is -1.07. The number of para-hydroxylation sites is 1. The average molecular weight is 358 g/mol. The van der Waals surface area contributed by atoms with Crippen molar-refractivity contribution in [3.63, 3.8) is 0 Å². The third-order valence-electron chi connectivity index (χ3n) is 4.11. The Morgan fingerprint density at radius 2 is 1.72 bits per heavy atom. The number of likely N-dealkylation sites (N-methyl/N-ethyl adjacent to an activating group) is 1. The van der Waals surface area contributed by atoms with Crippen LogP contribution in [0.4, 0.5) is 5.69 Å². The van der Waals surface area contributed by atoms with Gasteiger partial charge in [-0.2, -0.15) is 0 Å². The van der Waals surface area contributed by atoms with Crippen LogP contribution in [0.25, 0.3) is 5.76 Å². The maximum absolute atomic E-state index is 12.8. The van der Waals surface area contributed by atoms with Crippen molar-refractivity contribution in [2.45, 2.75) is 11.8 Å². The molecule has 0 atom stereocenters. The molecule has 130 valence electrons. The maximum Gasteiger partial charge on any atom is 0.276 e. The highest BCUT2D eigenvalue weighted by molar-refractivity contribution is 7.89. The molecular formula is C18H18N2O4S. The third-order valence-corrected chi connectivity index (χ3v) is 5.93. The summed E-state index contributed by atoms with van der Waals surface area (Å²) in [5.41, 5.74) is 1.81. The van der Waals surface area contributed by atoms with Gasteiger partial charge in [-0.1, -0.05) is 30.3 Å². The number of benzene rings is 2. The first kappa shape index (κ1) is 17.0. The Balaban J connectivity index is 2.14. The summed E-state index contributed by atoms with van der Waals surface area (Å²) >= 11 is 0. The molecule has 2 aromatic rings. The Bertz CT molecular complexity index is 980. The standard InChI is InChI=1S/C18H18N2O4S/c1-12-8-4-6-10-14(12)19-18(21)16-17(24-3)13-9-5-7-11-15(13)25(22,23)20(16)2/h4-11H,1-3H3,(H,19,21). The van der Waals surface area contributed by atoms with E-state index in [1.807, 2.05) is 19.1 Å². The number of ether oxygens (including phenoxy) is 1. The summed E-state index contributed by atoms with van der Waals surface area (Å²) in [6.07, 6.45) is 0. The predicted molar refractivity (Wildman–Crippen MR) is 95.1 cm³/mol. The van der Waals surface area contributed by atoms with E-state index in [1.54, 1.807) is 30.3 Å². The number of carbonyl (C=O) groups excluding carboxylic acids is 1. The van der Waals surface area contributed by atoms with E-state index in [4.69, 9.17) is 4.74 Å². The minimum Gasteiger partial charge on any atom is -0.494 e. The van der Waals surface area contributed by atoms with Gasteiger partial charge < -0.3 is 10.1 Å². The zero-order valence-electron chi connectivity index (χ0n) is 14.1. The Morgan fingerprint density at radius 1 is 1.08 bits per heavy atom. The second-order valence-corrected chi connectivity index (χ2v) is 7.56. The number of nitrogens with zero attached hydrogens (tertiary/aromatic N) is 1. The van der Waals surface area contributed by atoms with Crippen LogP contribution < -0.4 is 5.32 Å². The van der Waals surface area contributed by atoms with Crippen molar-refractivity contribution in [1.82, 2.24) is 4.31 Å². The normalized spacial score (nSPS) is 15.6. The second-order valence-electron chi connectivity index (χ2n) is 5.62. The lowest BCUT2D eigenvalue weighted by Crippen LogP contribution is -2.37. The summed E-state index contributed by atoms with van der Waals surface area (Å²) < 4.78 is 31.9. The van der Waals surface area contributed by atoms with Crippen molar-refractivity contribution in [2.75, 3.05) is 19.5 Å². The van der Waals surface area contributed by atoms with Crippen molar-refractivity contribution < 1.29 is 17.9 Å². The molecule has 1 N–H and O–H groups in total. The van der Waals surface area contributed by atoms with E-state index >= 15 is 0 Å². The topological polar surface area (TPSA) is 75.7 Å². The number of methoxy groups -OCH3 is 1. The van der Waals surface area contributed by atoms with E-state index in [0.717, 1.165) is 9.87 Å². The number of sulfonamides is 1. The van der Waals surface area contributed by atoms with E-state index in [1.165, 1.54) is 20.2 Å². The van der Waals surface area contributed by atoms with Gasteiger partial charge in [-0.05, 0) is 30.7 Å². The summed E-state index contributed by atoms with van der Waals surface area (Å²) in [4.78, 5) is 13.0. The lowest BCUT2D eigenvalue weighted by Gasteiger charge is -2.30. The van der Waals surface area contributed by atoms with Crippen molar-refractivity contribution in [2.24, 2.45) is 0 Å². The Morgan fingerprint density at radius 3 is 2.40 bits per heavy atom. The molecule has 1 aliphatic rings. The number of aryl methyl sites for hydroxylation is 1. The second kappa shape index (κ2) is 6.25. The highest BCUT2D eigenvalue weighted by Crippen LogP contribution is 2.36.